The van der Waals surface area contributed by atoms with Crippen LogP contribution < -0.4 is 5.73 Å². The first kappa shape index (κ1) is 12.3. The van der Waals surface area contributed by atoms with E-state index in [1.54, 1.807) is 11.3 Å². The molecule has 0 radical (unpaired) electrons. The summed E-state index contributed by atoms with van der Waals surface area (Å²) in [4.78, 5) is 5.44. The van der Waals surface area contributed by atoms with Crippen molar-refractivity contribution in [3.05, 3.63) is 23.1 Å². The lowest BCUT2D eigenvalue weighted by molar-refractivity contribution is 0.554. The zero-order chi connectivity index (χ0) is 12.6. The van der Waals surface area contributed by atoms with Crippen LogP contribution in [0.5, 0.6) is 0 Å². The standard InChI is InChI=1S/C12H18N4S/c1-12(2,3)11-8(7-16(4)15-11)9-6-14-10(5-13)17-9/h6-7H,5,13H2,1-4H3. The maximum Gasteiger partial charge on any atom is 0.107 e. The molecular formula is C12H18N4S. The van der Waals surface area contributed by atoms with Gasteiger partial charge in [-0.2, -0.15) is 5.10 Å². The van der Waals surface area contributed by atoms with E-state index in [9.17, 15) is 0 Å². The lowest BCUT2D eigenvalue weighted by atomic mass is 9.89. The third-order valence-corrected chi connectivity index (χ3v) is 3.59. The number of hydrogen-bond acceptors (Lipinski definition) is 4. The molecule has 4 nitrogen and oxygen atoms in total. The van der Waals surface area contributed by atoms with Crippen molar-refractivity contribution in [3.63, 3.8) is 0 Å². The molecule has 0 bridgehead atoms. The molecule has 0 fully saturated rings. The summed E-state index contributed by atoms with van der Waals surface area (Å²) < 4.78 is 1.86. The molecule has 2 aromatic heterocycles. The predicted molar refractivity (Wildman–Crippen MR) is 70.9 cm³/mol. The molecule has 5 heteroatoms. The molecule has 2 N–H and O–H groups in total. The quantitative estimate of drug-likeness (QED) is 0.889. The number of nitrogens with two attached hydrogens (primary N) is 1. The first-order valence-electron chi connectivity index (χ1n) is 5.61. The molecule has 17 heavy (non-hydrogen) atoms. The van der Waals surface area contributed by atoms with Crippen molar-refractivity contribution < 1.29 is 0 Å². The van der Waals surface area contributed by atoms with Crippen molar-refractivity contribution >= 4 is 11.3 Å². The summed E-state index contributed by atoms with van der Waals surface area (Å²) in [5.41, 5.74) is 7.90. The third-order valence-electron chi connectivity index (χ3n) is 2.53. The molecule has 0 atom stereocenters. The Bertz CT molecular complexity index is 519. The topological polar surface area (TPSA) is 56.7 Å². The van der Waals surface area contributed by atoms with Gasteiger partial charge in [0.05, 0.1) is 10.6 Å². The average molecular weight is 250 g/mol. The summed E-state index contributed by atoms with van der Waals surface area (Å²) in [6.45, 7) is 7.01. The van der Waals surface area contributed by atoms with Crippen molar-refractivity contribution in [2.75, 3.05) is 0 Å². The fraction of sp³-hybridized carbons (Fsp3) is 0.500. The highest BCUT2D eigenvalue weighted by Gasteiger charge is 2.23. The van der Waals surface area contributed by atoms with Gasteiger partial charge >= 0.3 is 0 Å². The Labute approximate surface area is 105 Å². The van der Waals surface area contributed by atoms with Gasteiger partial charge in [0.25, 0.3) is 0 Å². The maximum absolute atomic E-state index is 5.60. The molecule has 2 heterocycles. The molecule has 0 saturated carbocycles. The van der Waals surface area contributed by atoms with Crippen LogP contribution in [0, 0.1) is 0 Å². The van der Waals surface area contributed by atoms with Crippen LogP contribution in [-0.4, -0.2) is 14.8 Å². The first-order valence-corrected chi connectivity index (χ1v) is 6.42. The largest absolute Gasteiger partial charge is 0.325 e. The van der Waals surface area contributed by atoms with Crippen LogP contribution in [0.1, 0.15) is 31.5 Å². The van der Waals surface area contributed by atoms with Gasteiger partial charge in [-0.3, -0.25) is 4.68 Å². The molecule has 2 aromatic rings. The Balaban J connectivity index is 2.51. The van der Waals surface area contributed by atoms with Gasteiger partial charge in [0.2, 0.25) is 0 Å². The van der Waals surface area contributed by atoms with Gasteiger partial charge in [-0.1, -0.05) is 20.8 Å². The summed E-state index contributed by atoms with van der Waals surface area (Å²) in [6.07, 6.45) is 3.94. The number of thiazole rings is 1. The van der Waals surface area contributed by atoms with E-state index in [0.717, 1.165) is 21.1 Å². The third kappa shape index (κ3) is 2.40. The van der Waals surface area contributed by atoms with Gasteiger partial charge < -0.3 is 5.73 Å². The van der Waals surface area contributed by atoms with Crippen molar-refractivity contribution in [3.8, 4) is 10.4 Å². The Morgan fingerprint density at radius 2 is 2.12 bits per heavy atom. The van der Waals surface area contributed by atoms with Gasteiger partial charge in [-0.25, -0.2) is 4.98 Å². The molecule has 2 rings (SSSR count). The number of aromatic nitrogens is 3. The first-order chi connectivity index (χ1) is 7.91. The van der Waals surface area contributed by atoms with E-state index in [4.69, 9.17) is 5.73 Å². The molecule has 0 aliphatic heterocycles. The minimum Gasteiger partial charge on any atom is -0.325 e. The van der Waals surface area contributed by atoms with E-state index >= 15 is 0 Å². The van der Waals surface area contributed by atoms with Crippen LogP contribution in [0.4, 0.5) is 0 Å². The van der Waals surface area contributed by atoms with Crippen LogP contribution in [0.25, 0.3) is 10.4 Å². The monoisotopic (exact) mass is 250 g/mol. The fourth-order valence-electron chi connectivity index (χ4n) is 1.75. The van der Waals surface area contributed by atoms with Gasteiger partial charge in [-0.15, -0.1) is 11.3 Å². The summed E-state index contributed by atoms with van der Waals surface area (Å²) in [5, 5.41) is 5.52. The maximum atomic E-state index is 5.60. The number of rotatable bonds is 2. The summed E-state index contributed by atoms with van der Waals surface area (Å²) >= 11 is 1.64. The molecule has 0 amide bonds. The Hall–Kier alpha value is -1.20. The molecule has 92 valence electrons. The van der Waals surface area contributed by atoms with Crippen molar-refractivity contribution in [2.24, 2.45) is 12.8 Å². The van der Waals surface area contributed by atoms with E-state index in [1.807, 2.05) is 24.1 Å². The van der Waals surface area contributed by atoms with Crippen LogP contribution >= 0.6 is 11.3 Å². The lowest BCUT2D eigenvalue weighted by Crippen LogP contribution is -2.13. The van der Waals surface area contributed by atoms with E-state index in [-0.39, 0.29) is 5.41 Å². The number of aryl methyl sites for hydroxylation is 1. The van der Waals surface area contributed by atoms with Gasteiger partial charge in [0, 0.05) is 37.0 Å². The van der Waals surface area contributed by atoms with Crippen LogP contribution in [0.15, 0.2) is 12.4 Å². The minimum atomic E-state index is 0.0312. The molecule has 0 spiro atoms. The SMILES string of the molecule is Cn1cc(-c2cnc(CN)s2)c(C(C)(C)C)n1. The highest BCUT2D eigenvalue weighted by molar-refractivity contribution is 7.15. The van der Waals surface area contributed by atoms with E-state index < -0.39 is 0 Å². The molecular weight excluding hydrogens is 232 g/mol. The molecule has 0 saturated heterocycles. The number of nitrogens with zero attached hydrogens (tertiary/aromatic N) is 3. The average Bonchev–Trinajstić information content (AvgIpc) is 2.81. The molecule has 0 unspecified atom stereocenters. The van der Waals surface area contributed by atoms with Gasteiger partial charge in [0.1, 0.15) is 5.01 Å². The van der Waals surface area contributed by atoms with E-state index in [2.05, 4.69) is 30.9 Å². The predicted octanol–water partition coefficient (Wildman–Crippen LogP) is 2.30. The van der Waals surface area contributed by atoms with E-state index in [1.165, 1.54) is 0 Å². The smallest absolute Gasteiger partial charge is 0.107 e. The van der Waals surface area contributed by atoms with Crippen LogP contribution in [0.3, 0.4) is 0 Å². The van der Waals surface area contributed by atoms with Crippen molar-refractivity contribution in [1.29, 1.82) is 0 Å². The zero-order valence-corrected chi connectivity index (χ0v) is 11.5. The normalized spacial score (nSPS) is 12.1. The Morgan fingerprint density at radius 1 is 1.41 bits per heavy atom. The highest BCUT2D eigenvalue weighted by atomic mass is 32.1. The van der Waals surface area contributed by atoms with Gasteiger partial charge in [-0.05, 0) is 0 Å². The van der Waals surface area contributed by atoms with Gasteiger partial charge in [0.15, 0.2) is 0 Å². The van der Waals surface area contributed by atoms with Crippen LogP contribution in [0.2, 0.25) is 0 Å². The van der Waals surface area contributed by atoms with E-state index in [0.29, 0.717) is 6.54 Å². The molecule has 0 aliphatic carbocycles. The summed E-state index contributed by atoms with van der Waals surface area (Å²) in [7, 11) is 1.95. The second-order valence-corrected chi connectivity index (χ2v) is 6.25. The zero-order valence-electron chi connectivity index (χ0n) is 10.7. The second-order valence-electron chi connectivity index (χ2n) is 5.14. The summed E-state index contributed by atoms with van der Waals surface area (Å²) in [5.74, 6) is 0. The number of hydrogen-bond donors (Lipinski definition) is 1. The molecule has 0 aromatic carbocycles. The molecule has 0 aliphatic rings. The Kier molecular flexibility index (Phi) is 3.05. The minimum absolute atomic E-state index is 0.0312. The van der Waals surface area contributed by atoms with Crippen molar-refractivity contribution in [2.45, 2.75) is 32.7 Å². The van der Waals surface area contributed by atoms with Crippen molar-refractivity contribution in [1.82, 2.24) is 14.8 Å². The van der Waals surface area contributed by atoms with Crippen LogP contribution in [-0.2, 0) is 19.0 Å². The Morgan fingerprint density at radius 3 is 2.65 bits per heavy atom. The summed E-state index contributed by atoms with van der Waals surface area (Å²) in [6, 6.07) is 0. The highest BCUT2D eigenvalue weighted by Crippen LogP contribution is 2.34. The fourth-order valence-corrected chi connectivity index (χ4v) is 2.56. The second kappa shape index (κ2) is 4.23. The lowest BCUT2D eigenvalue weighted by Gasteiger charge is -2.16.